The summed E-state index contributed by atoms with van der Waals surface area (Å²) in [4.78, 5) is 33.5. The minimum Gasteiger partial charge on any atom is -0.496 e. The molecule has 1 atom stereocenters. The highest BCUT2D eigenvalue weighted by Gasteiger charge is 2.37. The molecule has 33 heavy (non-hydrogen) atoms. The van der Waals surface area contributed by atoms with Crippen LogP contribution < -0.4 is 15.6 Å². The smallest absolute Gasteiger partial charge is 0.336 e. The summed E-state index contributed by atoms with van der Waals surface area (Å²) < 4.78 is 10.6. The number of rotatable bonds is 6. The Balaban J connectivity index is 1.80. The van der Waals surface area contributed by atoms with Gasteiger partial charge in [-0.2, -0.15) is 0 Å². The first-order valence-electron chi connectivity index (χ1n) is 10.1. The van der Waals surface area contributed by atoms with Gasteiger partial charge in [-0.1, -0.05) is 59.8 Å². The van der Waals surface area contributed by atoms with Crippen LogP contribution in [0.5, 0.6) is 5.75 Å². The Hall–Kier alpha value is -3.23. The Morgan fingerprint density at radius 3 is 2.61 bits per heavy atom. The molecule has 9 heteroatoms. The third-order valence-corrected chi connectivity index (χ3v) is 6.69. The average Bonchev–Trinajstić information content (AvgIpc) is 2.82. The Kier molecular flexibility index (Phi) is 6.76. The fraction of sp³-hybridized carbons (Fsp3) is 0.208. The number of carbonyl (C=O) groups is 1. The Morgan fingerprint density at radius 1 is 1.15 bits per heavy atom. The molecule has 2 heterocycles. The fourth-order valence-corrected chi connectivity index (χ4v) is 5.00. The zero-order valence-electron chi connectivity index (χ0n) is 18.3. The average molecular weight is 484 g/mol. The van der Waals surface area contributed by atoms with Crippen molar-refractivity contribution in [1.29, 1.82) is 0 Å². The minimum atomic E-state index is -0.705. The summed E-state index contributed by atoms with van der Waals surface area (Å²) in [6.45, 7) is 1.76. The minimum absolute atomic E-state index is 0.326. The predicted octanol–water partition coefficient (Wildman–Crippen LogP) is 4.73. The second-order valence-corrected chi connectivity index (χ2v) is 8.71. The van der Waals surface area contributed by atoms with Gasteiger partial charge in [-0.05, 0) is 24.6 Å². The van der Waals surface area contributed by atoms with Gasteiger partial charge >= 0.3 is 5.97 Å². The number of para-hydroxylation sites is 1. The highest BCUT2D eigenvalue weighted by atomic mass is 35.5. The second-order valence-electron chi connectivity index (χ2n) is 7.34. The molecule has 3 aromatic rings. The van der Waals surface area contributed by atoms with E-state index in [2.05, 4.69) is 15.3 Å². The maximum Gasteiger partial charge on any atom is 0.336 e. The van der Waals surface area contributed by atoms with E-state index in [0.29, 0.717) is 49.9 Å². The quantitative estimate of drug-likeness (QED) is 0.297. The van der Waals surface area contributed by atoms with Gasteiger partial charge in [-0.3, -0.25) is 4.79 Å². The van der Waals surface area contributed by atoms with Crippen molar-refractivity contribution in [2.24, 2.45) is 0 Å². The third kappa shape index (κ3) is 4.49. The number of aromatic amines is 1. The highest BCUT2D eigenvalue weighted by Crippen LogP contribution is 2.43. The van der Waals surface area contributed by atoms with Crippen molar-refractivity contribution in [1.82, 2.24) is 9.97 Å². The Labute approximate surface area is 200 Å². The van der Waals surface area contributed by atoms with Crippen molar-refractivity contribution in [2.45, 2.75) is 23.8 Å². The lowest BCUT2D eigenvalue weighted by atomic mass is 9.82. The molecule has 2 N–H and O–H groups in total. The van der Waals surface area contributed by atoms with Gasteiger partial charge in [0.05, 0.1) is 31.3 Å². The Morgan fingerprint density at radius 2 is 1.88 bits per heavy atom. The van der Waals surface area contributed by atoms with Gasteiger partial charge in [0.2, 0.25) is 0 Å². The summed E-state index contributed by atoms with van der Waals surface area (Å²) in [5, 5.41) is 4.22. The van der Waals surface area contributed by atoms with Crippen LogP contribution in [-0.4, -0.2) is 30.2 Å². The summed E-state index contributed by atoms with van der Waals surface area (Å²) in [6, 6.07) is 14.8. The normalized spacial score (nSPS) is 15.0. The number of methoxy groups -OCH3 is 2. The maximum atomic E-state index is 13.3. The van der Waals surface area contributed by atoms with E-state index in [-0.39, 0.29) is 5.56 Å². The zero-order valence-corrected chi connectivity index (χ0v) is 19.8. The van der Waals surface area contributed by atoms with Crippen LogP contribution in [0.3, 0.4) is 0 Å². The van der Waals surface area contributed by atoms with Crippen LogP contribution in [0.1, 0.15) is 29.5 Å². The van der Waals surface area contributed by atoms with E-state index < -0.39 is 11.9 Å². The van der Waals surface area contributed by atoms with Crippen LogP contribution in [0.4, 0.5) is 5.82 Å². The van der Waals surface area contributed by atoms with Crippen LogP contribution in [0.15, 0.2) is 69.8 Å². The molecule has 0 spiro atoms. The number of esters is 1. The molecule has 1 unspecified atom stereocenters. The number of anilines is 1. The molecule has 1 aliphatic rings. The lowest BCUT2D eigenvalue weighted by Gasteiger charge is -2.29. The molecule has 2 aromatic carbocycles. The summed E-state index contributed by atoms with van der Waals surface area (Å²) in [5.74, 6) is 0.254. The summed E-state index contributed by atoms with van der Waals surface area (Å²) in [5.41, 5.74) is 2.48. The molecular formula is C24H22ClN3O4S. The second kappa shape index (κ2) is 9.72. The van der Waals surface area contributed by atoms with Gasteiger partial charge in [0.15, 0.2) is 5.16 Å². The van der Waals surface area contributed by atoms with E-state index in [1.807, 2.05) is 42.5 Å². The van der Waals surface area contributed by atoms with Gasteiger partial charge in [0, 0.05) is 22.0 Å². The number of fused-ring (bicyclic) bond motifs is 1. The lowest BCUT2D eigenvalue weighted by Crippen LogP contribution is -2.31. The van der Waals surface area contributed by atoms with Crippen LogP contribution in [0, 0.1) is 0 Å². The summed E-state index contributed by atoms with van der Waals surface area (Å²) >= 11 is 7.62. The molecule has 0 bridgehead atoms. The first kappa shape index (κ1) is 22.9. The number of benzene rings is 2. The van der Waals surface area contributed by atoms with Gasteiger partial charge in [-0.25, -0.2) is 9.78 Å². The Bertz CT molecular complexity index is 1300. The molecule has 0 amide bonds. The number of carbonyl (C=O) groups excluding carboxylic acids is 1. The molecule has 0 saturated carbocycles. The van der Waals surface area contributed by atoms with Gasteiger partial charge in [0.25, 0.3) is 5.56 Å². The van der Waals surface area contributed by atoms with Gasteiger partial charge < -0.3 is 19.8 Å². The molecule has 1 aliphatic heterocycles. The molecule has 0 saturated heterocycles. The fourth-order valence-electron chi connectivity index (χ4n) is 3.86. The molecule has 0 radical (unpaired) electrons. The van der Waals surface area contributed by atoms with E-state index >= 15 is 0 Å². The summed E-state index contributed by atoms with van der Waals surface area (Å²) in [6.07, 6.45) is 0. The van der Waals surface area contributed by atoms with Crippen molar-refractivity contribution in [3.63, 3.8) is 0 Å². The summed E-state index contributed by atoms with van der Waals surface area (Å²) in [7, 11) is 2.86. The number of aromatic nitrogens is 2. The number of hydrogen-bond donors (Lipinski definition) is 2. The zero-order chi connectivity index (χ0) is 23.5. The number of halogens is 1. The van der Waals surface area contributed by atoms with Crippen LogP contribution in [0.25, 0.3) is 0 Å². The molecule has 170 valence electrons. The molecule has 1 aromatic heterocycles. The van der Waals surface area contributed by atoms with Crippen molar-refractivity contribution in [3.05, 3.63) is 91.9 Å². The van der Waals surface area contributed by atoms with Crippen molar-refractivity contribution >= 4 is 35.1 Å². The van der Waals surface area contributed by atoms with E-state index in [4.69, 9.17) is 21.1 Å². The van der Waals surface area contributed by atoms with Gasteiger partial charge in [0.1, 0.15) is 11.6 Å². The standard InChI is InChI=1S/C24H22ClN3O4S/c1-13-18(23(30)32-3)19(15-9-5-7-11-17(15)31-2)20-21(26-13)27-24(28-22(20)29)33-12-14-8-4-6-10-16(14)25/h4-11,19H,12H2,1-3H3,(H2,26,27,28,29). The molecular weight excluding hydrogens is 462 g/mol. The van der Waals surface area contributed by atoms with E-state index in [9.17, 15) is 9.59 Å². The number of H-pyrrole nitrogens is 1. The molecule has 4 rings (SSSR count). The number of thioether (sulfide) groups is 1. The maximum absolute atomic E-state index is 13.3. The molecule has 7 nitrogen and oxygen atoms in total. The SMILES string of the molecule is COC(=O)C1=C(C)Nc2nc(SCc3ccccc3Cl)[nH]c(=O)c2C1c1ccccc1OC. The van der Waals surface area contributed by atoms with Crippen molar-refractivity contribution < 1.29 is 14.3 Å². The van der Waals surface area contributed by atoms with E-state index in [1.165, 1.54) is 18.9 Å². The van der Waals surface area contributed by atoms with Crippen LogP contribution in [0.2, 0.25) is 5.02 Å². The number of hydrogen-bond acceptors (Lipinski definition) is 7. The molecule has 0 fully saturated rings. The highest BCUT2D eigenvalue weighted by molar-refractivity contribution is 7.98. The van der Waals surface area contributed by atoms with E-state index in [0.717, 1.165) is 5.56 Å². The third-order valence-electron chi connectivity index (χ3n) is 5.40. The number of allylic oxidation sites excluding steroid dienone is 1. The first-order valence-corrected chi connectivity index (χ1v) is 11.5. The van der Waals surface area contributed by atoms with E-state index in [1.54, 1.807) is 20.1 Å². The predicted molar refractivity (Wildman–Crippen MR) is 129 cm³/mol. The largest absolute Gasteiger partial charge is 0.496 e. The van der Waals surface area contributed by atoms with Crippen LogP contribution >= 0.6 is 23.4 Å². The topological polar surface area (TPSA) is 93.3 Å². The lowest BCUT2D eigenvalue weighted by molar-refractivity contribution is -0.136. The number of nitrogens with one attached hydrogen (secondary N) is 2. The number of nitrogens with zero attached hydrogens (tertiary/aromatic N) is 1. The molecule has 0 aliphatic carbocycles. The van der Waals surface area contributed by atoms with Gasteiger partial charge in [-0.15, -0.1) is 0 Å². The van der Waals surface area contributed by atoms with Crippen molar-refractivity contribution in [3.8, 4) is 5.75 Å². The first-order chi connectivity index (χ1) is 15.9. The van der Waals surface area contributed by atoms with Crippen molar-refractivity contribution in [2.75, 3.05) is 19.5 Å². The number of ether oxygens (including phenoxy) is 2. The van der Waals surface area contributed by atoms with Crippen LogP contribution in [-0.2, 0) is 15.3 Å². The monoisotopic (exact) mass is 483 g/mol.